The van der Waals surface area contributed by atoms with Crippen molar-refractivity contribution in [2.75, 3.05) is 31.6 Å². The summed E-state index contributed by atoms with van der Waals surface area (Å²) in [7, 11) is 0. The van der Waals surface area contributed by atoms with Gasteiger partial charge < -0.3 is 5.32 Å². The SMILES string of the molecule is CSCCCCCN1CC2(CCCC2)NCC1C. The molecule has 0 amide bonds. The van der Waals surface area contributed by atoms with Crippen molar-refractivity contribution in [3.8, 4) is 0 Å². The van der Waals surface area contributed by atoms with Crippen molar-refractivity contribution in [2.24, 2.45) is 0 Å². The third-order valence-corrected chi connectivity index (χ3v) is 5.45. The number of hydrogen-bond acceptors (Lipinski definition) is 3. The number of piperazine rings is 1. The molecule has 2 fully saturated rings. The number of unbranched alkanes of at least 4 members (excludes halogenated alkanes) is 2. The van der Waals surface area contributed by atoms with Crippen LogP contribution in [0.15, 0.2) is 0 Å². The molecule has 1 unspecified atom stereocenters. The van der Waals surface area contributed by atoms with E-state index >= 15 is 0 Å². The quantitative estimate of drug-likeness (QED) is 0.747. The van der Waals surface area contributed by atoms with Crippen LogP contribution in [-0.4, -0.2) is 48.1 Å². The van der Waals surface area contributed by atoms with Crippen molar-refractivity contribution < 1.29 is 0 Å². The minimum atomic E-state index is 0.492. The molecule has 1 heterocycles. The Hall–Kier alpha value is 0.270. The van der Waals surface area contributed by atoms with E-state index in [0.717, 1.165) is 6.04 Å². The molecule has 0 bridgehead atoms. The monoisotopic (exact) mass is 270 g/mol. The van der Waals surface area contributed by atoms with Gasteiger partial charge in [-0.15, -0.1) is 0 Å². The van der Waals surface area contributed by atoms with Gasteiger partial charge in [0.25, 0.3) is 0 Å². The van der Waals surface area contributed by atoms with Gasteiger partial charge in [-0.3, -0.25) is 4.90 Å². The van der Waals surface area contributed by atoms with E-state index in [1.807, 2.05) is 11.8 Å². The molecule has 2 rings (SSSR count). The second-order valence-corrected chi connectivity index (χ2v) is 7.23. The lowest BCUT2D eigenvalue weighted by Crippen LogP contribution is -2.62. The van der Waals surface area contributed by atoms with E-state index in [2.05, 4.69) is 23.4 Å². The molecule has 1 aliphatic heterocycles. The summed E-state index contributed by atoms with van der Waals surface area (Å²) in [6.07, 6.45) is 12.1. The van der Waals surface area contributed by atoms with E-state index in [9.17, 15) is 0 Å². The first-order chi connectivity index (χ1) is 8.76. The zero-order valence-corrected chi connectivity index (χ0v) is 13.0. The van der Waals surface area contributed by atoms with Crippen molar-refractivity contribution in [1.82, 2.24) is 10.2 Å². The van der Waals surface area contributed by atoms with E-state index in [1.165, 1.54) is 70.3 Å². The maximum absolute atomic E-state index is 3.84. The van der Waals surface area contributed by atoms with Crippen LogP contribution in [0.3, 0.4) is 0 Å². The molecule has 0 aromatic heterocycles. The van der Waals surface area contributed by atoms with Crippen molar-refractivity contribution >= 4 is 11.8 Å². The fourth-order valence-corrected chi connectivity index (χ4v) is 4.01. The summed E-state index contributed by atoms with van der Waals surface area (Å²) < 4.78 is 0. The molecule has 1 saturated carbocycles. The summed E-state index contributed by atoms with van der Waals surface area (Å²) in [4.78, 5) is 2.75. The zero-order chi connectivity index (χ0) is 12.8. The molecule has 106 valence electrons. The van der Waals surface area contributed by atoms with Crippen LogP contribution in [0.1, 0.15) is 51.9 Å². The molecule has 1 aliphatic carbocycles. The molecule has 2 aliphatic rings. The van der Waals surface area contributed by atoms with Gasteiger partial charge in [-0.05, 0) is 51.2 Å². The largest absolute Gasteiger partial charge is 0.308 e. The smallest absolute Gasteiger partial charge is 0.0309 e. The highest BCUT2D eigenvalue weighted by molar-refractivity contribution is 7.98. The molecule has 1 spiro atoms. The highest BCUT2D eigenvalue weighted by Gasteiger charge is 2.39. The van der Waals surface area contributed by atoms with Gasteiger partial charge in [0.05, 0.1) is 0 Å². The number of nitrogens with one attached hydrogen (secondary N) is 1. The van der Waals surface area contributed by atoms with Crippen LogP contribution in [0.5, 0.6) is 0 Å². The molecule has 3 heteroatoms. The fourth-order valence-electron chi connectivity index (χ4n) is 3.52. The normalized spacial score (nSPS) is 28.0. The molecule has 18 heavy (non-hydrogen) atoms. The van der Waals surface area contributed by atoms with Crippen LogP contribution in [0.25, 0.3) is 0 Å². The van der Waals surface area contributed by atoms with Crippen LogP contribution < -0.4 is 5.32 Å². The van der Waals surface area contributed by atoms with Gasteiger partial charge >= 0.3 is 0 Å². The Bertz CT molecular complexity index is 239. The molecule has 0 radical (unpaired) electrons. The van der Waals surface area contributed by atoms with Crippen molar-refractivity contribution in [3.05, 3.63) is 0 Å². The third kappa shape index (κ3) is 3.88. The molecule has 0 aromatic rings. The second-order valence-electron chi connectivity index (χ2n) is 6.24. The molecule has 0 aromatic carbocycles. The van der Waals surface area contributed by atoms with Gasteiger partial charge in [-0.1, -0.05) is 19.3 Å². The summed E-state index contributed by atoms with van der Waals surface area (Å²) in [5, 5.41) is 3.84. The van der Waals surface area contributed by atoms with Gasteiger partial charge in [-0.2, -0.15) is 11.8 Å². The van der Waals surface area contributed by atoms with Gasteiger partial charge in [-0.25, -0.2) is 0 Å². The molecule has 2 nitrogen and oxygen atoms in total. The molecular formula is C15H30N2S. The van der Waals surface area contributed by atoms with Crippen molar-refractivity contribution in [2.45, 2.75) is 63.5 Å². The van der Waals surface area contributed by atoms with Crippen molar-refractivity contribution in [1.29, 1.82) is 0 Å². The van der Waals surface area contributed by atoms with Crippen LogP contribution in [0.4, 0.5) is 0 Å². The van der Waals surface area contributed by atoms with Gasteiger partial charge in [0.2, 0.25) is 0 Å². The number of hydrogen-bond donors (Lipinski definition) is 1. The minimum Gasteiger partial charge on any atom is -0.308 e. The topological polar surface area (TPSA) is 15.3 Å². The summed E-state index contributed by atoms with van der Waals surface area (Å²) in [6, 6.07) is 0.733. The summed E-state index contributed by atoms with van der Waals surface area (Å²) in [5.41, 5.74) is 0.492. The highest BCUT2D eigenvalue weighted by atomic mass is 32.2. The lowest BCUT2D eigenvalue weighted by molar-refractivity contribution is 0.0876. The van der Waals surface area contributed by atoms with Crippen LogP contribution in [0.2, 0.25) is 0 Å². The van der Waals surface area contributed by atoms with E-state index < -0.39 is 0 Å². The average molecular weight is 270 g/mol. The summed E-state index contributed by atoms with van der Waals surface area (Å²) >= 11 is 1.98. The Kier molecular flexibility index (Phi) is 5.84. The third-order valence-electron chi connectivity index (χ3n) is 4.76. The lowest BCUT2D eigenvalue weighted by atomic mass is 9.92. The fraction of sp³-hybridized carbons (Fsp3) is 1.00. The number of rotatable bonds is 6. The minimum absolute atomic E-state index is 0.492. The predicted octanol–water partition coefficient (Wildman–Crippen LogP) is 3.13. The zero-order valence-electron chi connectivity index (χ0n) is 12.2. The van der Waals surface area contributed by atoms with Crippen LogP contribution >= 0.6 is 11.8 Å². The Morgan fingerprint density at radius 3 is 2.72 bits per heavy atom. The Morgan fingerprint density at radius 1 is 1.22 bits per heavy atom. The molecular weight excluding hydrogens is 240 g/mol. The maximum atomic E-state index is 3.84. The number of thioether (sulfide) groups is 1. The Labute approximate surface area is 117 Å². The summed E-state index contributed by atoms with van der Waals surface area (Å²) in [6.45, 7) is 6.21. The molecule has 1 atom stereocenters. The van der Waals surface area contributed by atoms with Crippen LogP contribution in [0, 0.1) is 0 Å². The predicted molar refractivity (Wildman–Crippen MR) is 82.5 cm³/mol. The molecule has 1 saturated heterocycles. The highest BCUT2D eigenvalue weighted by Crippen LogP contribution is 2.33. The van der Waals surface area contributed by atoms with E-state index in [0.29, 0.717) is 5.54 Å². The van der Waals surface area contributed by atoms with E-state index in [4.69, 9.17) is 0 Å². The van der Waals surface area contributed by atoms with E-state index in [-0.39, 0.29) is 0 Å². The number of nitrogens with zero attached hydrogens (tertiary/aromatic N) is 1. The first-order valence-electron chi connectivity index (χ1n) is 7.74. The van der Waals surface area contributed by atoms with Gasteiger partial charge in [0, 0.05) is 24.7 Å². The maximum Gasteiger partial charge on any atom is 0.0309 e. The standard InChI is InChI=1S/C15H30N2S/c1-14-12-16-15(8-4-5-9-15)13-17(14)10-6-3-7-11-18-2/h14,16H,3-13H2,1-2H3. The van der Waals surface area contributed by atoms with Crippen molar-refractivity contribution in [3.63, 3.8) is 0 Å². The second kappa shape index (κ2) is 7.16. The Balaban J connectivity index is 1.72. The Morgan fingerprint density at radius 2 is 2.00 bits per heavy atom. The average Bonchev–Trinajstić information content (AvgIpc) is 2.82. The lowest BCUT2D eigenvalue weighted by Gasteiger charge is -2.45. The summed E-state index contributed by atoms with van der Waals surface area (Å²) in [5.74, 6) is 1.33. The first kappa shape index (κ1) is 14.7. The van der Waals surface area contributed by atoms with Crippen LogP contribution in [-0.2, 0) is 0 Å². The molecule has 1 N–H and O–H groups in total. The van der Waals surface area contributed by atoms with E-state index in [1.54, 1.807) is 0 Å². The van der Waals surface area contributed by atoms with Gasteiger partial charge in [0.1, 0.15) is 0 Å². The van der Waals surface area contributed by atoms with Gasteiger partial charge in [0.15, 0.2) is 0 Å². The first-order valence-corrected chi connectivity index (χ1v) is 9.13.